The Morgan fingerprint density at radius 2 is 2.07 bits per heavy atom. The molecule has 0 fully saturated rings. The molecule has 2 N–H and O–H groups in total. The van der Waals surface area contributed by atoms with E-state index >= 15 is 0 Å². The Morgan fingerprint density at radius 3 is 2.85 bits per heavy atom. The van der Waals surface area contributed by atoms with Crippen molar-refractivity contribution in [2.75, 3.05) is 0 Å². The zero-order valence-electron chi connectivity index (χ0n) is 15.7. The zero-order chi connectivity index (χ0) is 19.2. The molecule has 2 aromatic rings. The van der Waals surface area contributed by atoms with Crippen molar-refractivity contribution in [3.8, 4) is 11.5 Å². The van der Waals surface area contributed by atoms with Gasteiger partial charge in [-0.3, -0.25) is 0 Å². The van der Waals surface area contributed by atoms with Gasteiger partial charge in [-0.1, -0.05) is 6.07 Å². The Hall–Kier alpha value is -2.11. The summed E-state index contributed by atoms with van der Waals surface area (Å²) in [5.74, 6) is 1.22. The molecule has 2 aromatic carbocycles. The van der Waals surface area contributed by atoms with Crippen molar-refractivity contribution in [2.24, 2.45) is 0 Å². The summed E-state index contributed by atoms with van der Waals surface area (Å²) in [6.45, 7) is 4.28. The first kappa shape index (κ1) is 18.3. The van der Waals surface area contributed by atoms with Crippen molar-refractivity contribution in [2.45, 2.75) is 63.9 Å². The molecule has 0 amide bonds. The number of hydrogen-bond donors (Lipinski definition) is 2. The van der Waals surface area contributed by atoms with E-state index in [2.05, 4.69) is 0 Å². The molecule has 2 aliphatic rings. The fourth-order valence-electron chi connectivity index (χ4n) is 4.28. The molecule has 5 heteroatoms. The van der Waals surface area contributed by atoms with E-state index in [9.17, 15) is 14.6 Å². The highest BCUT2D eigenvalue weighted by molar-refractivity contribution is 5.46. The van der Waals surface area contributed by atoms with Crippen LogP contribution in [-0.4, -0.2) is 22.1 Å². The Labute approximate surface area is 158 Å². The number of aliphatic hydroxyl groups is 2. The molecule has 4 nitrogen and oxygen atoms in total. The summed E-state index contributed by atoms with van der Waals surface area (Å²) in [7, 11) is 0. The molecule has 0 radical (unpaired) electrons. The van der Waals surface area contributed by atoms with Gasteiger partial charge in [0.15, 0.2) is 6.29 Å². The quantitative estimate of drug-likeness (QED) is 0.783. The maximum absolute atomic E-state index is 14.0. The molecule has 1 atom stereocenters. The Kier molecular flexibility index (Phi) is 4.60. The minimum Gasteiger partial charge on any atom is -0.489 e. The molecule has 0 bridgehead atoms. The summed E-state index contributed by atoms with van der Waals surface area (Å²) in [6, 6.07) is 8.89. The Morgan fingerprint density at radius 1 is 1.26 bits per heavy atom. The Bertz CT molecular complexity index is 860. The second kappa shape index (κ2) is 6.80. The maximum Gasteiger partial charge on any atom is 0.152 e. The lowest BCUT2D eigenvalue weighted by Crippen LogP contribution is -2.24. The van der Waals surface area contributed by atoms with Gasteiger partial charge in [0.1, 0.15) is 29.5 Å². The van der Waals surface area contributed by atoms with Crippen LogP contribution in [0.25, 0.3) is 0 Å². The lowest BCUT2D eigenvalue weighted by atomic mass is 9.97. The smallest absolute Gasteiger partial charge is 0.152 e. The highest BCUT2D eigenvalue weighted by Crippen LogP contribution is 2.39. The number of halogens is 1. The number of fused-ring (bicyclic) bond motifs is 2. The van der Waals surface area contributed by atoms with Crippen LogP contribution in [0.2, 0.25) is 0 Å². The van der Waals surface area contributed by atoms with Crippen molar-refractivity contribution in [1.29, 1.82) is 0 Å². The standard InChI is InChI=1S/C22H25FO4/c1-22(2)11-19-15(7-16(23)10-20(19)27-22)12-26-17-5-6-18-13(8-17)3-4-14(18)9-21(24)25/h5-8,10,14,21,24-25H,3-4,9,11-12H2,1-2H3. The van der Waals surface area contributed by atoms with Crippen molar-refractivity contribution in [3.63, 3.8) is 0 Å². The number of hydrogen-bond acceptors (Lipinski definition) is 4. The van der Waals surface area contributed by atoms with Crippen LogP contribution in [0.1, 0.15) is 54.9 Å². The van der Waals surface area contributed by atoms with E-state index in [4.69, 9.17) is 9.47 Å². The SMILES string of the molecule is CC1(C)Cc2c(COc3ccc4c(c3)CCC4CC(O)O)cc(F)cc2O1. The van der Waals surface area contributed by atoms with Crippen LogP contribution in [0.5, 0.6) is 11.5 Å². The van der Waals surface area contributed by atoms with Gasteiger partial charge in [0, 0.05) is 24.5 Å². The third-order valence-corrected chi connectivity index (χ3v) is 5.46. The third-order valence-electron chi connectivity index (χ3n) is 5.46. The normalized spacial score (nSPS) is 19.7. The van der Waals surface area contributed by atoms with Gasteiger partial charge in [0.05, 0.1) is 0 Å². The van der Waals surface area contributed by atoms with E-state index in [-0.39, 0.29) is 23.9 Å². The highest BCUT2D eigenvalue weighted by Gasteiger charge is 2.32. The zero-order valence-corrected chi connectivity index (χ0v) is 15.7. The first-order valence-corrected chi connectivity index (χ1v) is 9.43. The van der Waals surface area contributed by atoms with Gasteiger partial charge >= 0.3 is 0 Å². The fraction of sp³-hybridized carbons (Fsp3) is 0.455. The summed E-state index contributed by atoms with van der Waals surface area (Å²) in [4.78, 5) is 0. The molecule has 144 valence electrons. The van der Waals surface area contributed by atoms with Crippen LogP contribution >= 0.6 is 0 Å². The predicted octanol–water partition coefficient (Wildman–Crippen LogP) is 3.85. The second-order valence-electron chi connectivity index (χ2n) is 8.18. The monoisotopic (exact) mass is 372 g/mol. The van der Waals surface area contributed by atoms with Gasteiger partial charge in [-0.2, -0.15) is 0 Å². The Balaban J connectivity index is 1.50. The van der Waals surface area contributed by atoms with Gasteiger partial charge in [0.2, 0.25) is 0 Å². The van der Waals surface area contributed by atoms with Gasteiger partial charge < -0.3 is 19.7 Å². The molecule has 0 aromatic heterocycles. The molecule has 0 saturated carbocycles. The summed E-state index contributed by atoms with van der Waals surface area (Å²) < 4.78 is 25.7. The lowest BCUT2D eigenvalue weighted by molar-refractivity contribution is -0.0497. The number of benzene rings is 2. The summed E-state index contributed by atoms with van der Waals surface area (Å²) >= 11 is 0. The largest absolute Gasteiger partial charge is 0.489 e. The molecular formula is C22H25FO4. The van der Waals surface area contributed by atoms with Crippen molar-refractivity contribution >= 4 is 0 Å². The number of aryl methyl sites for hydroxylation is 1. The van der Waals surface area contributed by atoms with Crippen molar-refractivity contribution in [3.05, 3.63) is 58.4 Å². The van der Waals surface area contributed by atoms with Crippen LogP contribution in [0.15, 0.2) is 30.3 Å². The van der Waals surface area contributed by atoms with Crippen LogP contribution in [0, 0.1) is 5.82 Å². The molecule has 4 rings (SSSR count). The summed E-state index contributed by atoms with van der Waals surface area (Å²) in [5, 5.41) is 18.5. The second-order valence-corrected chi connectivity index (χ2v) is 8.18. The summed E-state index contributed by atoms with van der Waals surface area (Å²) in [6.07, 6.45) is 1.63. The first-order valence-electron chi connectivity index (χ1n) is 9.43. The van der Waals surface area contributed by atoms with Gasteiger partial charge in [-0.05, 0) is 67.5 Å². The minimum atomic E-state index is -1.28. The number of aliphatic hydroxyl groups excluding tert-OH is 1. The van der Waals surface area contributed by atoms with Gasteiger partial charge in [0.25, 0.3) is 0 Å². The molecular weight excluding hydrogens is 347 g/mol. The molecule has 1 heterocycles. The van der Waals surface area contributed by atoms with Crippen LogP contribution < -0.4 is 9.47 Å². The number of rotatable bonds is 5. The topological polar surface area (TPSA) is 58.9 Å². The minimum absolute atomic E-state index is 0.180. The lowest BCUT2D eigenvalue weighted by Gasteiger charge is -2.16. The van der Waals surface area contributed by atoms with E-state index < -0.39 is 6.29 Å². The highest BCUT2D eigenvalue weighted by atomic mass is 19.1. The molecule has 0 saturated heterocycles. The van der Waals surface area contributed by atoms with Crippen molar-refractivity contribution < 1.29 is 24.1 Å². The maximum atomic E-state index is 14.0. The molecule has 27 heavy (non-hydrogen) atoms. The predicted molar refractivity (Wildman–Crippen MR) is 99.5 cm³/mol. The molecule has 1 unspecified atom stereocenters. The van der Waals surface area contributed by atoms with E-state index in [1.807, 2.05) is 32.0 Å². The molecule has 1 aliphatic heterocycles. The third kappa shape index (κ3) is 3.80. The van der Waals surface area contributed by atoms with Crippen LogP contribution in [-0.2, 0) is 19.4 Å². The van der Waals surface area contributed by atoms with Crippen molar-refractivity contribution in [1.82, 2.24) is 0 Å². The molecule has 1 aliphatic carbocycles. The van der Waals surface area contributed by atoms with E-state index in [1.54, 1.807) is 0 Å². The first-order chi connectivity index (χ1) is 12.8. The van der Waals surface area contributed by atoms with Crippen LogP contribution in [0.4, 0.5) is 4.39 Å². The average Bonchev–Trinajstić information content (AvgIpc) is 3.11. The summed E-state index contributed by atoms with van der Waals surface area (Å²) in [5.41, 5.74) is 3.85. The fourth-order valence-corrected chi connectivity index (χ4v) is 4.28. The molecule has 0 spiro atoms. The van der Waals surface area contributed by atoms with Crippen LogP contribution in [0.3, 0.4) is 0 Å². The van der Waals surface area contributed by atoms with Gasteiger partial charge in [-0.15, -0.1) is 0 Å². The van der Waals surface area contributed by atoms with Gasteiger partial charge in [-0.25, -0.2) is 4.39 Å². The van der Waals surface area contributed by atoms with E-state index in [0.717, 1.165) is 41.7 Å². The van der Waals surface area contributed by atoms with E-state index in [1.165, 1.54) is 17.7 Å². The van der Waals surface area contributed by atoms with E-state index in [0.29, 0.717) is 12.2 Å². The number of ether oxygens (including phenoxy) is 2. The average molecular weight is 372 g/mol.